The van der Waals surface area contributed by atoms with E-state index in [1.165, 1.54) is 12.1 Å². The van der Waals surface area contributed by atoms with Gasteiger partial charge in [-0.1, -0.05) is 25.1 Å². The summed E-state index contributed by atoms with van der Waals surface area (Å²) in [5.41, 5.74) is 0. The van der Waals surface area contributed by atoms with Gasteiger partial charge >= 0.3 is 0 Å². The van der Waals surface area contributed by atoms with Gasteiger partial charge in [-0.15, -0.1) is 0 Å². The van der Waals surface area contributed by atoms with Gasteiger partial charge in [-0.2, -0.15) is 8.42 Å². The summed E-state index contributed by atoms with van der Waals surface area (Å²) in [6.45, 7) is 1.87. The van der Waals surface area contributed by atoms with Crippen LogP contribution in [0.5, 0.6) is 0 Å². The molecule has 2 unspecified atom stereocenters. The Morgan fingerprint density at radius 2 is 2.00 bits per heavy atom. The predicted molar refractivity (Wildman–Crippen MR) is 65.3 cm³/mol. The third-order valence-electron chi connectivity index (χ3n) is 2.98. The SMILES string of the molecule is CC1CC(=O)NC1COS(=O)(=O)c1ccccc1. The Morgan fingerprint density at radius 3 is 2.56 bits per heavy atom. The Kier molecular flexibility index (Phi) is 3.68. The molecule has 0 bridgehead atoms. The van der Waals surface area contributed by atoms with Crippen LogP contribution in [0.1, 0.15) is 13.3 Å². The fraction of sp³-hybridized carbons (Fsp3) is 0.417. The molecule has 1 aromatic rings. The van der Waals surface area contributed by atoms with E-state index in [0.29, 0.717) is 6.42 Å². The molecule has 0 aliphatic carbocycles. The highest BCUT2D eigenvalue weighted by Crippen LogP contribution is 2.18. The summed E-state index contributed by atoms with van der Waals surface area (Å²) in [4.78, 5) is 11.3. The van der Waals surface area contributed by atoms with Crippen LogP contribution in [0.25, 0.3) is 0 Å². The maximum absolute atomic E-state index is 11.8. The lowest BCUT2D eigenvalue weighted by atomic mass is 10.0. The molecule has 5 nitrogen and oxygen atoms in total. The number of nitrogens with one attached hydrogen (secondary N) is 1. The van der Waals surface area contributed by atoms with E-state index in [-0.39, 0.29) is 29.4 Å². The maximum Gasteiger partial charge on any atom is 0.297 e. The Bertz CT molecular complexity index is 526. The quantitative estimate of drug-likeness (QED) is 0.825. The Balaban J connectivity index is 2.00. The molecule has 1 saturated heterocycles. The molecule has 1 N–H and O–H groups in total. The first-order valence-corrected chi connectivity index (χ1v) is 7.14. The van der Waals surface area contributed by atoms with Crippen molar-refractivity contribution in [1.29, 1.82) is 0 Å². The molecule has 18 heavy (non-hydrogen) atoms. The summed E-state index contributed by atoms with van der Waals surface area (Å²) in [6.07, 6.45) is 0.416. The second-order valence-electron chi connectivity index (χ2n) is 4.41. The van der Waals surface area contributed by atoms with Gasteiger partial charge < -0.3 is 5.32 Å². The summed E-state index contributed by atoms with van der Waals surface area (Å²) in [5.74, 6) is 0.0247. The average molecular weight is 269 g/mol. The van der Waals surface area contributed by atoms with Crippen molar-refractivity contribution in [3.8, 4) is 0 Å². The molecule has 0 aromatic heterocycles. The molecule has 1 fully saturated rings. The topological polar surface area (TPSA) is 72.5 Å². The van der Waals surface area contributed by atoms with Gasteiger partial charge in [0.05, 0.1) is 17.5 Å². The van der Waals surface area contributed by atoms with Crippen molar-refractivity contribution in [1.82, 2.24) is 5.32 Å². The van der Waals surface area contributed by atoms with E-state index in [0.717, 1.165) is 0 Å². The van der Waals surface area contributed by atoms with E-state index in [9.17, 15) is 13.2 Å². The van der Waals surface area contributed by atoms with Gasteiger partial charge in [0.25, 0.3) is 10.1 Å². The predicted octanol–water partition coefficient (Wildman–Crippen LogP) is 0.916. The van der Waals surface area contributed by atoms with E-state index in [2.05, 4.69) is 5.32 Å². The molecule has 98 valence electrons. The molecule has 0 spiro atoms. The third kappa shape index (κ3) is 2.88. The summed E-state index contributed by atoms with van der Waals surface area (Å²) >= 11 is 0. The Hall–Kier alpha value is -1.40. The van der Waals surface area contributed by atoms with Crippen molar-refractivity contribution in [2.24, 2.45) is 5.92 Å². The van der Waals surface area contributed by atoms with Crippen molar-refractivity contribution in [3.05, 3.63) is 30.3 Å². The lowest BCUT2D eigenvalue weighted by Crippen LogP contribution is -2.33. The van der Waals surface area contributed by atoms with E-state index in [4.69, 9.17) is 4.18 Å². The van der Waals surface area contributed by atoms with Crippen molar-refractivity contribution in [2.75, 3.05) is 6.61 Å². The Morgan fingerprint density at radius 1 is 1.33 bits per heavy atom. The van der Waals surface area contributed by atoms with Crippen LogP contribution < -0.4 is 5.32 Å². The normalized spacial score (nSPS) is 23.9. The smallest absolute Gasteiger partial charge is 0.297 e. The van der Waals surface area contributed by atoms with Crippen molar-refractivity contribution in [3.63, 3.8) is 0 Å². The molecule has 2 rings (SSSR count). The van der Waals surface area contributed by atoms with Crippen LogP contribution in [0, 0.1) is 5.92 Å². The second-order valence-corrected chi connectivity index (χ2v) is 6.02. The van der Waals surface area contributed by atoms with Gasteiger partial charge in [0.1, 0.15) is 0 Å². The molecule has 1 aromatic carbocycles. The van der Waals surface area contributed by atoms with Gasteiger partial charge in [0.15, 0.2) is 0 Å². The molecular weight excluding hydrogens is 254 g/mol. The van der Waals surface area contributed by atoms with Gasteiger partial charge in [-0.3, -0.25) is 8.98 Å². The number of hydrogen-bond donors (Lipinski definition) is 1. The number of rotatable bonds is 4. The first-order valence-electron chi connectivity index (χ1n) is 5.73. The van der Waals surface area contributed by atoms with Crippen molar-refractivity contribution in [2.45, 2.75) is 24.3 Å². The highest BCUT2D eigenvalue weighted by Gasteiger charge is 2.30. The minimum absolute atomic E-state index is 0.0237. The number of hydrogen-bond acceptors (Lipinski definition) is 4. The van der Waals surface area contributed by atoms with Crippen LogP contribution in [-0.2, 0) is 19.1 Å². The largest absolute Gasteiger partial charge is 0.351 e. The zero-order chi connectivity index (χ0) is 13.2. The van der Waals surface area contributed by atoms with Gasteiger partial charge in [-0.25, -0.2) is 0 Å². The highest BCUT2D eigenvalue weighted by molar-refractivity contribution is 7.86. The highest BCUT2D eigenvalue weighted by atomic mass is 32.2. The standard InChI is InChI=1S/C12H15NO4S/c1-9-7-12(14)13-11(9)8-17-18(15,16)10-5-3-2-4-6-10/h2-6,9,11H,7-8H2,1H3,(H,13,14). The molecule has 1 aliphatic rings. The third-order valence-corrected chi connectivity index (χ3v) is 4.27. The lowest BCUT2D eigenvalue weighted by molar-refractivity contribution is -0.119. The van der Waals surface area contributed by atoms with Gasteiger partial charge in [0, 0.05) is 6.42 Å². The molecule has 6 heteroatoms. The molecular formula is C12H15NO4S. The Labute approximate surface area is 106 Å². The summed E-state index contributed by atoms with van der Waals surface area (Å²) in [5, 5.41) is 2.70. The number of benzene rings is 1. The average Bonchev–Trinajstić information content (AvgIpc) is 2.67. The molecule has 2 atom stereocenters. The fourth-order valence-electron chi connectivity index (χ4n) is 1.87. The van der Waals surface area contributed by atoms with Crippen LogP contribution in [0.4, 0.5) is 0 Å². The van der Waals surface area contributed by atoms with Crippen LogP contribution in [-0.4, -0.2) is 27.0 Å². The van der Waals surface area contributed by atoms with E-state index in [1.807, 2.05) is 6.92 Å². The minimum atomic E-state index is -3.74. The number of carbonyl (C=O) groups excluding carboxylic acids is 1. The zero-order valence-electron chi connectivity index (χ0n) is 10.00. The summed E-state index contributed by atoms with van der Waals surface area (Å²) in [7, 11) is -3.74. The molecule has 1 aliphatic heterocycles. The number of carbonyl (C=O) groups is 1. The molecule has 1 amide bonds. The summed E-state index contributed by atoms with van der Waals surface area (Å²) in [6, 6.07) is 7.72. The monoisotopic (exact) mass is 269 g/mol. The van der Waals surface area contributed by atoms with Gasteiger partial charge in [-0.05, 0) is 18.1 Å². The van der Waals surface area contributed by atoms with E-state index in [1.54, 1.807) is 18.2 Å². The second kappa shape index (κ2) is 5.07. The van der Waals surface area contributed by atoms with Crippen LogP contribution in [0.3, 0.4) is 0 Å². The van der Waals surface area contributed by atoms with E-state index >= 15 is 0 Å². The molecule has 1 heterocycles. The minimum Gasteiger partial charge on any atom is -0.351 e. The lowest BCUT2D eigenvalue weighted by Gasteiger charge is -2.14. The van der Waals surface area contributed by atoms with Crippen molar-refractivity contribution >= 4 is 16.0 Å². The fourth-order valence-corrected chi connectivity index (χ4v) is 2.82. The van der Waals surface area contributed by atoms with Crippen LogP contribution >= 0.6 is 0 Å². The maximum atomic E-state index is 11.8. The van der Waals surface area contributed by atoms with E-state index < -0.39 is 10.1 Å². The van der Waals surface area contributed by atoms with Crippen LogP contribution in [0.15, 0.2) is 35.2 Å². The number of amides is 1. The molecule has 0 saturated carbocycles. The van der Waals surface area contributed by atoms with Gasteiger partial charge in [0.2, 0.25) is 5.91 Å². The zero-order valence-corrected chi connectivity index (χ0v) is 10.8. The van der Waals surface area contributed by atoms with Crippen molar-refractivity contribution < 1.29 is 17.4 Å². The first-order chi connectivity index (χ1) is 8.49. The summed E-state index contributed by atoms with van der Waals surface area (Å²) < 4.78 is 28.7. The first kappa shape index (κ1) is 13.0. The molecule has 0 radical (unpaired) electrons. The van der Waals surface area contributed by atoms with Crippen LogP contribution in [0.2, 0.25) is 0 Å².